The molecule has 0 amide bonds. The normalized spacial score (nSPS) is 12.0. The molecule has 0 nitrogen and oxygen atoms in total. The minimum Gasteiger partial charge on any atom is -0.0952 e. The molecule has 0 aliphatic carbocycles. The molecule has 0 unspecified atom stereocenters. The third-order valence-corrected chi connectivity index (χ3v) is 4.95. The molecule has 2 aromatic rings. The zero-order valence-electron chi connectivity index (χ0n) is 16.2. The van der Waals surface area contributed by atoms with E-state index < -0.39 is 0 Å². The SMILES string of the molecule is C=C(CC(C)(C)c1cccc(C(C)C)c1)c1cccc(C(C)C)c1. The van der Waals surface area contributed by atoms with Crippen molar-refractivity contribution in [3.8, 4) is 0 Å². The van der Waals surface area contributed by atoms with E-state index in [4.69, 9.17) is 0 Å². The molecule has 2 aromatic carbocycles. The molecule has 0 aliphatic rings. The van der Waals surface area contributed by atoms with Crippen molar-refractivity contribution >= 4 is 5.57 Å². The van der Waals surface area contributed by atoms with Crippen molar-refractivity contribution in [3.05, 3.63) is 77.4 Å². The van der Waals surface area contributed by atoms with E-state index in [9.17, 15) is 0 Å². The van der Waals surface area contributed by atoms with Crippen LogP contribution in [0.1, 0.15) is 82.1 Å². The van der Waals surface area contributed by atoms with Gasteiger partial charge in [-0.1, -0.05) is 96.7 Å². The fourth-order valence-electron chi connectivity index (χ4n) is 3.17. The second kappa shape index (κ2) is 7.38. The molecular weight excluding hydrogens is 288 g/mol. The molecule has 24 heavy (non-hydrogen) atoms. The van der Waals surface area contributed by atoms with E-state index in [2.05, 4.69) is 96.7 Å². The van der Waals surface area contributed by atoms with E-state index in [-0.39, 0.29) is 5.41 Å². The lowest BCUT2D eigenvalue weighted by molar-refractivity contribution is 0.541. The molecule has 2 rings (SSSR count). The first-order valence-corrected chi connectivity index (χ1v) is 9.09. The number of hydrogen-bond donors (Lipinski definition) is 0. The highest BCUT2D eigenvalue weighted by molar-refractivity contribution is 5.65. The second-order valence-electron chi connectivity index (χ2n) is 8.22. The summed E-state index contributed by atoms with van der Waals surface area (Å²) < 4.78 is 0. The Morgan fingerprint density at radius 2 is 1.42 bits per heavy atom. The van der Waals surface area contributed by atoms with E-state index in [0.717, 1.165) is 6.42 Å². The van der Waals surface area contributed by atoms with E-state index >= 15 is 0 Å². The van der Waals surface area contributed by atoms with Crippen LogP contribution in [0.4, 0.5) is 0 Å². The number of benzene rings is 2. The van der Waals surface area contributed by atoms with Crippen molar-refractivity contribution in [3.63, 3.8) is 0 Å². The van der Waals surface area contributed by atoms with Crippen LogP contribution < -0.4 is 0 Å². The maximum atomic E-state index is 4.39. The van der Waals surface area contributed by atoms with Crippen LogP contribution in [-0.4, -0.2) is 0 Å². The lowest BCUT2D eigenvalue weighted by Crippen LogP contribution is -2.18. The summed E-state index contributed by atoms with van der Waals surface area (Å²) in [4.78, 5) is 0. The third kappa shape index (κ3) is 4.38. The topological polar surface area (TPSA) is 0 Å². The molecular formula is C24H32. The average molecular weight is 321 g/mol. The van der Waals surface area contributed by atoms with Crippen LogP contribution >= 0.6 is 0 Å². The summed E-state index contributed by atoms with van der Waals surface area (Å²) in [5.41, 5.74) is 6.76. The zero-order chi connectivity index (χ0) is 17.9. The van der Waals surface area contributed by atoms with E-state index in [1.807, 2.05) is 0 Å². The Morgan fingerprint density at radius 1 is 0.875 bits per heavy atom. The van der Waals surface area contributed by atoms with Crippen molar-refractivity contribution in [1.29, 1.82) is 0 Å². The molecule has 0 spiro atoms. The first kappa shape index (κ1) is 18.5. The highest BCUT2D eigenvalue weighted by Gasteiger charge is 2.23. The number of hydrogen-bond acceptors (Lipinski definition) is 0. The number of allylic oxidation sites excluding steroid dienone is 1. The van der Waals surface area contributed by atoms with Crippen LogP contribution in [0, 0.1) is 0 Å². The summed E-state index contributed by atoms with van der Waals surface area (Å²) in [5, 5.41) is 0. The van der Waals surface area contributed by atoms with Gasteiger partial charge in [-0.2, -0.15) is 0 Å². The van der Waals surface area contributed by atoms with Gasteiger partial charge in [0.25, 0.3) is 0 Å². The Hall–Kier alpha value is -1.82. The van der Waals surface area contributed by atoms with Gasteiger partial charge in [-0.15, -0.1) is 0 Å². The maximum Gasteiger partial charge on any atom is -0.00631 e. The van der Waals surface area contributed by atoms with Gasteiger partial charge in [0.2, 0.25) is 0 Å². The van der Waals surface area contributed by atoms with Gasteiger partial charge in [0.05, 0.1) is 0 Å². The predicted octanol–water partition coefficient (Wildman–Crippen LogP) is 7.31. The van der Waals surface area contributed by atoms with Gasteiger partial charge in [0.1, 0.15) is 0 Å². The molecule has 0 aliphatic heterocycles. The minimum atomic E-state index is 0.0792. The minimum absolute atomic E-state index is 0.0792. The fourth-order valence-corrected chi connectivity index (χ4v) is 3.17. The Labute approximate surface area is 148 Å². The van der Waals surface area contributed by atoms with Crippen molar-refractivity contribution in [2.75, 3.05) is 0 Å². The van der Waals surface area contributed by atoms with E-state index in [1.54, 1.807) is 0 Å². The smallest absolute Gasteiger partial charge is 0.00631 e. The van der Waals surface area contributed by atoms with Crippen molar-refractivity contribution in [1.82, 2.24) is 0 Å². The van der Waals surface area contributed by atoms with Crippen LogP contribution in [0.5, 0.6) is 0 Å². The van der Waals surface area contributed by atoms with Crippen LogP contribution in [0.15, 0.2) is 55.1 Å². The maximum absolute atomic E-state index is 4.39. The van der Waals surface area contributed by atoms with Gasteiger partial charge < -0.3 is 0 Å². The Balaban J connectivity index is 2.23. The molecule has 0 N–H and O–H groups in total. The van der Waals surface area contributed by atoms with Gasteiger partial charge in [-0.3, -0.25) is 0 Å². The summed E-state index contributed by atoms with van der Waals surface area (Å²) in [6, 6.07) is 17.9. The van der Waals surface area contributed by atoms with Crippen LogP contribution in [-0.2, 0) is 5.41 Å². The summed E-state index contributed by atoms with van der Waals surface area (Å²) in [6.45, 7) is 18.0. The molecule has 0 saturated heterocycles. The zero-order valence-corrected chi connectivity index (χ0v) is 16.2. The summed E-state index contributed by atoms with van der Waals surface area (Å²) >= 11 is 0. The van der Waals surface area contributed by atoms with E-state index in [0.29, 0.717) is 11.8 Å². The second-order valence-corrected chi connectivity index (χ2v) is 8.22. The van der Waals surface area contributed by atoms with Crippen molar-refractivity contribution in [2.45, 2.75) is 65.2 Å². The first-order valence-electron chi connectivity index (χ1n) is 9.09. The Bertz CT molecular complexity index is 701. The van der Waals surface area contributed by atoms with Gasteiger partial charge >= 0.3 is 0 Å². The summed E-state index contributed by atoms with van der Waals surface area (Å²) in [5.74, 6) is 1.11. The number of rotatable bonds is 6. The molecule has 0 atom stereocenters. The molecule has 0 heteroatoms. The van der Waals surface area contributed by atoms with Crippen LogP contribution in [0.2, 0.25) is 0 Å². The largest absolute Gasteiger partial charge is 0.0952 e. The molecule has 0 aromatic heterocycles. The molecule has 0 saturated carbocycles. The quantitative estimate of drug-likeness (QED) is 0.523. The van der Waals surface area contributed by atoms with Gasteiger partial charge in [0, 0.05) is 0 Å². The lowest BCUT2D eigenvalue weighted by atomic mass is 9.77. The summed E-state index contributed by atoms with van der Waals surface area (Å²) in [7, 11) is 0. The molecule has 0 radical (unpaired) electrons. The van der Waals surface area contributed by atoms with Crippen molar-refractivity contribution in [2.24, 2.45) is 0 Å². The first-order chi connectivity index (χ1) is 11.2. The van der Waals surface area contributed by atoms with Gasteiger partial charge in [-0.05, 0) is 51.5 Å². The van der Waals surface area contributed by atoms with E-state index in [1.165, 1.54) is 27.8 Å². The lowest BCUT2D eigenvalue weighted by Gasteiger charge is -2.28. The summed E-state index contributed by atoms with van der Waals surface area (Å²) in [6.07, 6.45) is 0.968. The van der Waals surface area contributed by atoms with Crippen molar-refractivity contribution < 1.29 is 0 Å². The highest BCUT2D eigenvalue weighted by Crippen LogP contribution is 2.35. The third-order valence-electron chi connectivity index (χ3n) is 4.95. The molecule has 0 fully saturated rings. The molecule has 0 bridgehead atoms. The Kier molecular flexibility index (Phi) is 5.70. The fraction of sp³-hybridized carbons (Fsp3) is 0.417. The predicted molar refractivity (Wildman–Crippen MR) is 108 cm³/mol. The standard InChI is InChI=1S/C24H32/c1-17(2)20-10-8-12-22(14-20)19(5)16-24(6,7)23-13-9-11-21(15-23)18(3)4/h8-15,17-18H,5,16H2,1-4,6-7H3. The monoisotopic (exact) mass is 320 g/mol. The Morgan fingerprint density at radius 3 is 2.00 bits per heavy atom. The van der Waals surface area contributed by atoms with Gasteiger partial charge in [-0.25, -0.2) is 0 Å². The van der Waals surface area contributed by atoms with Gasteiger partial charge in [0.15, 0.2) is 0 Å². The average Bonchev–Trinajstić information content (AvgIpc) is 2.54. The molecule has 0 heterocycles. The van der Waals surface area contributed by atoms with Crippen LogP contribution in [0.3, 0.4) is 0 Å². The molecule has 128 valence electrons. The van der Waals surface area contributed by atoms with Crippen LogP contribution in [0.25, 0.3) is 5.57 Å². The highest BCUT2D eigenvalue weighted by atomic mass is 14.3.